The van der Waals surface area contributed by atoms with Crippen molar-refractivity contribution >= 4 is 5.78 Å². The van der Waals surface area contributed by atoms with Crippen LogP contribution < -0.4 is 0 Å². The highest BCUT2D eigenvalue weighted by Gasteiger charge is 2.36. The molecule has 0 aromatic rings. The van der Waals surface area contributed by atoms with Gasteiger partial charge in [-0.25, -0.2) is 0 Å². The number of allylic oxidation sites excluding steroid dienone is 6. The predicted molar refractivity (Wildman–Crippen MR) is 196 cm³/mol. The highest BCUT2D eigenvalue weighted by Crippen LogP contribution is 2.38. The Morgan fingerprint density at radius 2 is 0.907 bits per heavy atom. The summed E-state index contributed by atoms with van der Waals surface area (Å²) in [5, 5.41) is 0. The third kappa shape index (κ3) is 25.9. The molecule has 0 bridgehead atoms. The standard InChI is InChI=1S/C42H78O/c1-6-9-11-13-15-17-19-21-23-25-27-29-31-33-35-37-39-42(5,41(43)8-3)40(4)38-36-34-32-30-28-26-24-22-20-18-16-14-12-10-7-2/h14,16,20-23,40H,6-13,15,17-19,24-39H2,1-5H3. The van der Waals surface area contributed by atoms with E-state index in [1.165, 1.54) is 161 Å². The van der Waals surface area contributed by atoms with Gasteiger partial charge in [-0.05, 0) is 70.1 Å². The van der Waals surface area contributed by atoms with Crippen molar-refractivity contribution in [2.75, 3.05) is 0 Å². The molecule has 0 saturated heterocycles. The Kier molecular flexibility index (Phi) is 31.5. The van der Waals surface area contributed by atoms with Gasteiger partial charge in [0.15, 0.2) is 0 Å². The maximum Gasteiger partial charge on any atom is 0.138 e. The van der Waals surface area contributed by atoms with Crippen molar-refractivity contribution in [3.8, 4) is 0 Å². The van der Waals surface area contributed by atoms with Crippen LogP contribution in [0.15, 0.2) is 36.5 Å². The number of Topliss-reactive ketones (excluding diaryl/α,β-unsaturated/α-hetero) is 1. The van der Waals surface area contributed by atoms with Gasteiger partial charge in [0.25, 0.3) is 0 Å². The first kappa shape index (κ1) is 41.9. The van der Waals surface area contributed by atoms with Crippen LogP contribution in [0.1, 0.15) is 214 Å². The molecule has 2 unspecified atom stereocenters. The van der Waals surface area contributed by atoms with E-state index in [4.69, 9.17) is 0 Å². The van der Waals surface area contributed by atoms with Crippen molar-refractivity contribution < 1.29 is 4.79 Å². The van der Waals surface area contributed by atoms with E-state index < -0.39 is 0 Å². The minimum Gasteiger partial charge on any atom is -0.299 e. The van der Waals surface area contributed by atoms with Gasteiger partial charge in [-0.1, -0.05) is 180 Å². The second-order valence-electron chi connectivity index (χ2n) is 13.8. The van der Waals surface area contributed by atoms with Crippen LogP contribution in [0.4, 0.5) is 0 Å². The molecular weight excluding hydrogens is 520 g/mol. The zero-order valence-corrected chi connectivity index (χ0v) is 30.2. The highest BCUT2D eigenvalue weighted by molar-refractivity contribution is 5.84. The molecule has 0 radical (unpaired) electrons. The Hall–Kier alpha value is -1.11. The summed E-state index contributed by atoms with van der Waals surface area (Å²) < 4.78 is 0. The summed E-state index contributed by atoms with van der Waals surface area (Å²) in [6.07, 6.45) is 50.1. The van der Waals surface area contributed by atoms with Crippen LogP contribution in [0.2, 0.25) is 0 Å². The van der Waals surface area contributed by atoms with Gasteiger partial charge in [-0.3, -0.25) is 4.79 Å². The van der Waals surface area contributed by atoms with E-state index in [-0.39, 0.29) is 5.41 Å². The number of carbonyl (C=O) groups is 1. The summed E-state index contributed by atoms with van der Waals surface area (Å²) in [5.74, 6) is 1.00. The monoisotopic (exact) mass is 599 g/mol. The molecule has 0 N–H and O–H groups in total. The quantitative estimate of drug-likeness (QED) is 0.0542. The lowest BCUT2D eigenvalue weighted by atomic mass is 9.68. The van der Waals surface area contributed by atoms with Gasteiger partial charge in [0.05, 0.1) is 0 Å². The van der Waals surface area contributed by atoms with E-state index in [9.17, 15) is 4.79 Å². The largest absolute Gasteiger partial charge is 0.299 e. The van der Waals surface area contributed by atoms with Gasteiger partial charge in [-0.2, -0.15) is 0 Å². The van der Waals surface area contributed by atoms with E-state index in [0.29, 0.717) is 18.1 Å². The van der Waals surface area contributed by atoms with Crippen molar-refractivity contribution in [2.45, 2.75) is 214 Å². The number of hydrogen-bond acceptors (Lipinski definition) is 1. The van der Waals surface area contributed by atoms with Crippen molar-refractivity contribution in [2.24, 2.45) is 11.3 Å². The van der Waals surface area contributed by atoms with Gasteiger partial charge < -0.3 is 0 Å². The normalized spacial score (nSPS) is 14.3. The first-order chi connectivity index (χ1) is 21.0. The Labute approximate surface area is 272 Å². The number of carbonyl (C=O) groups excluding carboxylic acids is 1. The van der Waals surface area contributed by atoms with Crippen molar-refractivity contribution in [3.63, 3.8) is 0 Å². The van der Waals surface area contributed by atoms with Crippen LogP contribution in [0.25, 0.3) is 0 Å². The zero-order chi connectivity index (χ0) is 31.7. The lowest BCUT2D eigenvalue weighted by Crippen LogP contribution is -2.34. The number of unbranched alkanes of at least 4 members (excludes halogenated alkanes) is 20. The Bertz CT molecular complexity index is 670. The third-order valence-corrected chi connectivity index (χ3v) is 9.84. The van der Waals surface area contributed by atoms with Crippen molar-refractivity contribution in [1.82, 2.24) is 0 Å². The molecule has 0 aliphatic carbocycles. The number of ketones is 1. The maximum absolute atomic E-state index is 13.0. The van der Waals surface area contributed by atoms with Crippen LogP contribution in [0.3, 0.4) is 0 Å². The molecule has 0 saturated carbocycles. The minimum absolute atomic E-state index is 0.118. The fourth-order valence-corrected chi connectivity index (χ4v) is 6.37. The fraction of sp³-hybridized carbons (Fsp3) is 0.833. The summed E-state index contributed by atoms with van der Waals surface area (Å²) in [7, 11) is 0. The molecule has 0 spiro atoms. The summed E-state index contributed by atoms with van der Waals surface area (Å²) in [6, 6.07) is 0. The molecule has 0 aliphatic heterocycles. The molecule has 0 aliphatic rings. The van der Waals surface area contributed by atoms with Crippen LogP contribution in [-0.4, -0.2) is 5.78 Å². The molecule has 2 atom stereocenters. The smallest absolute Gasteiger partial charge is 0.138 e. The molecule has 1 nitrogen and oxygen atoms in total. The second-order valence-corrected chi connectivity index (χ2v) is 13.8. The van der Waals surface area contributed by atoms with E-state index in [2.05, 4.69) is 71.1 Å². The molecule has 0 aromatic carbocycles. The van der Waals surface area contributed by atoms with Gasteiger partial charge in [0, 0.05) is 11.8 Å². The highest BCUT2D eigenvalue weighted by atomic mass is 16.1. The van der Waals surface area contributed by atoms with Gasteiger partial charge in [0.1, 0.15) is 5.78 Å². The molecule has 0 rings (SSSR count). The molecule has 0 aromatic heterocycles. The number of rotatable bonds is 33. The van der Waals surface area contributed by atoms with E-state index in [0.717, 1.165) is 12.8 Å². The lowest BCUT2D eigenvalue weighted by molar-refractivity contribution is -0.131. The third-order valence-electron chi connectivity index (χ3n) is 9.84. The van der Waals surface area contributed by atoms with E-state index in [1.54, 1.807) is 0 Å². The molecule has 252 valence electrons. The lowest BCUT2D eigenvalue weighted by Gasteiger charge is -2.34. The SMILES string of the molecule is CCCCC=CCC=CCCCCCCCCC(C)C(C)(CCCCCCCCC=CCCCCCCCC)C(=O)CC. The molecular formula is C42H78O. The molecule has 0 fully saturated rings. The summed E-state index contributed by atoms with van der Waals surface area (Å²) in [4.78, 5) is 13.0. The average molecular weight is 599 g/mol. The molecule has 43 heavy (non-hydrogen) atoms. The average Bonchev–Trinajstić information content (AvgIpc) is 3.01. The summed E-state index contributed by atoms with van der Waals surface area (Å²) in [5.41, 5.74) is -0.118. The van der Waals surface area contributed by atoms with E-state index in [1.807, 2.05) is 0 Å². The van der Waals surface area contributed by atoms with Crippen LogP contribution in [-0.2, 0) is 4.79 Å². The first-order valence-electron chi connectivity index (χ1n) is 19.5. The Morgan fingerprint density at radius 3 is 1.40 bits per heavy atom. The molecule has 0 heterocycles. The fourth-order valence-electron chi connectivity index (χ4n) is 6.37. The predicted octanol–water partition coefficient (Wildman–Crippen LogP) is 14.8. The first-order valence-corrected chi connectivity index (χ1v) is 19.5. The minimum atomic E-state index is -0.118. The zero-order valence-electron chi connectivity index (χ0n) is 30.2. The van der Waals surface area contributed by atoms with Crippen molar-refractivity contribution in [3.05, 3.63) is 36.5 Å². The second kappa shape index (κ2) is 32.3. The topological polar surface area (TPSA) is 17.1 Å². The Morgan fingerprint density at radius 1 is 0.512 bits per heavy atom. The number of hydrogen-bond donors (Lipinski definition) is 0. The van der Waals surface area contributed by atoms with Crippen LogP contribution in [0, 0.1) is 11.3 Å². The van der Waals surface area contributed by atoms with Gasteiger partial charge in [-0.15, -0.1) is 0 Å². The van der Waals surface area contributed by atoms with Gasteiger partial charge >= 0.3 is 0 Å². The van der Waals surface area contributed by atoms with Crippen LogP contribution in [0.5, 0.6) is 0 Å². The maximum atomic E-state index is 13.0. The molecule has 1 heteroatoms. The van der Waals surface area contributed by atoms with Crippen molar-refractivity contribution in [1.29, 1.82) is 0 Å². The molecule has 0 amide bonds. The summed E-state index contributed by atoms with van der Waals surface area (Å²) in [6.45, 7) is 11.3. The van der Waals surface area contributed by atoms with Crippen LogP contribution >= 0.6 is 0 Å². The van der Waals surface area contributed by atoms with E-state index >= 15 is 0 Å². The Balaban J connectivity index is 3.89. The summed E-state index contributed by atoms with van der Waals surface area (Å²) >= 11 is 0. The van der Waals surface area contributed by atoms with Gasteiger partial charge in [0.2, 0.25) is 0 Å².